The second kappa shape index (κ2) is 14.0. The van der Waals surface area contributed by atoms with Gasteiger partial charge < -0.3 is 8.85 Å². The maximum atomic E-state index is 7.08. The van der Waals surface area contributed by atoms with Crippen LogP contribution in [-0.2, 0) is 8.85 Å². The van der Waals surface area contributed by atoms with Crippen LogP contribution in [-0.4, -0.2) is 21.3 Å². The van der Waals surface area contributed by atoms with Crippen LogP contribution in [0.5, 0.6) is 0 Å². The number of unbranched alkanes of at least 4 members (excludes halogenated alkanes) is 7. The minimum Gasteiger partial charge on any atom is -0.388 e. The molecule has 0 heterocycles. The van der Waals surface area contributed by atoms with Gasteiger partial charge in [-0.25, -0.2) is 0 Å². The van der Waals surface area contributed by atoms with Gasteiger partial charge in [-0.2, -0.15) is 0 Å². The van der Waals surface area contributed by atoms with E-state index in [4.69, 9.17) is 8.85 Å². The van der Waals surface area contributed by atoms with E-state index < -0.39 is 8.56 Å². The molecule has 176 valence electrons. The summed E-state index contributed by atoms with van der Waals surface area (Å²) in [6.07, 6.45) is 16.0. The smallest absolute Gasteiger partial charge is 0.388 e. The fourth-order valence-corrected chi connectivity index (χ4v) is 8.47. The van der Waals surface area contributed by atoms with Crippen LogP contribution in [0.25, 0.3) is 0 Å². The van der Waals surface area contributed by atoms with Crippen molar-refractivity contribution in [2.75, 3.05) is 6.61 Å². The predicted octanol–water partition coefficient (Wildman–Crippen LogP) is 7.00. The summed E-state index contributed by atoms with van der Waals surface area (Å²) in [4.78, 5) is 0. The van der Waals surface area contributed by atoms with Crippen LogP contribution < -0.4 is 10.4 Å². The minimum absolute atomic E-state index is 0.225. The Kier molecular flexibility index (Phi) is 11.0. The van der Waals surface area contributed by atoms with Gasteiger partial charge in [0.25, 0.3) is 0 Å². The van der Waals surface area contributed by atoms with Gasteiger partial charge in [-0.15, -0.1) is 0 Å². The third kappa shape index (κ3) is 7.30. The van der Waals surface area contributed by atoms with Gasteiger partial charge in [-0.05, 0) is 42.5 Å². The quantitative estimate of drug-likeness (QED) is 0.214. The Balaban J connectivity index is 1.70. The van der Waals surface area contributed by atoms with Crippen LogP contribution in [0.4, 0.5) is 0 Å². The third-order valence-electron chi connectivity index (χ3n) is 7.03. The number of benzene rings is 2. The highest BCUT2D eigenvalue weighted by Crippen LogP contribution is 2.31. The Labute approximate surface area is 198 Å². The van der Waals surface area contributed by atoms with Gasteiger partial charge >= 0.3 is 8.56 Å². The Morgan fingerprint density at radius 1 is 0.750 bits per heavy atom. The third-order valence-corrected chi connectivity index (χ3v) is 10.5. The monoisotopic (exact) mass is 452 g/mol. The summed E-state index contributed by atoms with van der Waals surface area (Å²) in [5.41, 5.74) is 0. The molecule has 0 bridgehead atoms. The molecule has 0 aliphatic heterocycles. The Morgan fingerprint density at radius 3 is 1.78 bits per heavy atom. The summed E-state index contributed by atoms with van der Waals surface area (Å²) in [5.74, 6) is 0.654. The van der Waals surface area contributed by atoms with E-state index >= 15 is 0 Å². The summed E-state index contributed by atoms with van der Waals surface area (Å²) >= 11 is 0. The fraction of sp³-hybridized carbons (Fsp3) is 0.586. The van der Waals surface area contributed by atoms with Crippen LogP contribution >= 0.6 is 0 Å². The van der Waals surface area contributed by atoms with Crippen LogP contribution in [0.2, 0.25) is 0 Å². The van der Waals surface area contributed by atoms with Crippen LogP contribution in [0, 0.1) is 5.92 Å². The van der Waals surface area contributed by atoms with Crippen LogP contribution in [0.3, 0.4) is 0 Å². The molecule has 1 unspecified atom stereocenters. The van der Waals surface area contributed by atoms with E-state index in [9.17, 15) is 0 Å². The van der Waals surface area contributed by atoms with E-state index in [2.05, 4.69) is 74.5 Å². The molecule has 0 saturated heterocycles. The summed E-state index contributed by atoms with van der Waals surface area (Å²) in [6, 6.07) is 21.6. The molecule has 32 heavy (non-hydrogen) atoms. The SMILES string of the molecule is CCCCCCCCCCO[Si](OC(C)C1CCCC1)(c1ccccc1)c1ccccc1. The molecule has 1 atom stereocenters. The molecule has 1 aliphatic carbocycles. The van der Waals surface area contributed by atoms with Crippen molar-refractivity contribution in [2.45, 2.75) is 97.0 Å². The molecule has 2 aromatic carbocycles. The standard InChI is InChI=1S/C29H44O2Si/c1-3-4-5-6-7-8-9-18-25-30-32(28-21-12-10-13-22-28,29-23-14-11-15-24-29)31-26(2)27-19-16-17-20-27/h10-15,21-24,26-27H,3-9,16-20,25H2,1-2H3. The van der Waals surface area contributed by atoms with E-state index in [1.54, 1.807) is 0 Å². The normalized spacial score (nSPS) is 15.8. The highest BCUT2D eigenvalue weighted by Gasteiger charge is 2.45. The first-order chi connectivity index (χ1) is 15.8. The summed E-state index contributed by atoms with van der Waals surface area (Å²) in [6.45, 7) is 5.34. The molecule has 0 amide bonds. The molecule has 0 radical (unpaired) electrons. The van der Waals surface area contributed by atoms with Gasteiger partial charge in [0, 0.05) is 12.7 Å². The highest BCUT2D eigenvalue weighted by molar-refractivity contribution is 6.92. The largest absolute Gasteiger partial charge is 0.407 e. The first-order valence-corrected chi connectivity index (χ1v) is 15.0. The van der Waals surface area contributed by atoms with Crippen molar-refractivity contribution in [2.24, 2.45) is 5.92 Å². The lowest BCUT2D eigenvalue weighted by atomic mass is 10.0. The second-order valence-corrected chi connectivity index (χ2v) is 12.5. The molecule has 1 saturated carbocycles. The van der Waals surface area contributed by atoms with Gasteiger partial charge in [0.1, 0.15) is 0 Å². The summed E-state index contributed by atoms with van der Waals surface area (Å²) < 4.78 is 14.0. The minimum atomic E-state index is -2.76. The lowest BCUT2D eigenvalue weighted by Crippen LogP contribution is -2.65. The maximum Gasteiger partial charge on any atom is 0.407 e. The molecule has 1 aliphatic rings. The predicted molar refractivity (Wildman–Crippen MR) is 139 cm³/mol. The average molecular weight is 453 g/mol. The maximum absolute atomic E-state index is 7.08. The van der Waals surface area contributed by atoms with Gasteiger partial charge in [-0.3, -0.25) is 0 Å². The lowest BCUT2D eigenvalue weighted by Gasteiger charge is -2.36. The summed E-state index contributed by atoms with van der Waals surface area (Å²) in [5, 5.41) is 2.46. The molecule has 0 N–H and O–H groups in total. The molecule has 0 spiro atoms. The number of hydrogen-bond donors (Lipinski definition) is 0. The zero-order chi connectivity index (χ0) is 22.5. The number of hydrogen-bond acceptors (Lipinski definition) is 2. The first kappa shape index (κ1) is 25.2. The van der Waals surface area contributed by atoms with Crippen molar-refractivity contribution in [3.63, 3.8) is 0 Å². The fourth-order valence-electron chi connectivity index (χ4n) is 5.06. The topological polar surface area (TPSA) is 18.5 Å². The van der Waals surface area contributed by atoms with Gasteiger partial charge in [0.2, 0.25) is 0 Å². The zero-order valence-electron chi connectivity index (χ0n) is 20.4. The zero-order valence-corrected chi connectivity index (χ0v) is 21.4. The Hall–Kier alpha value is -1.42. The number of rotatable bonds is 15. The molecular weight excluding hydrogens is 408 g/mol. The molecule has 2 aromatic rings. The van der Waals surface area contributed by atoms with Crippen molar-refractivity contribution >= 4 is 18.9 Å². The van der Waals surface area contributed by atoms with Crippen molar-refractivity contribution in [3.05, 3.63) is 60.7 Å². The second-order valence-electron chi connectivity index (χ2n) is 9.54. The molecular formula is C29H44O2Si. The van der Waals surface area contributed by atoms with Crippen molar-refractivity contribution in [1.29, 1.82) is 0 Å². The van der Waals surface area contributed by atoms with Crippen LogP contribution in [0.1, 0.15) is 90.9 Å². The lowest BCUT2D eigenvalue weighted by molar-refractivity contribution is 0.0995. The molecule has 3 rings (SSSR count). The Bertz CT molecular complexity index is 688. The van der Waals surface area contributed by atoms with Crippen molar-refractivity contribution < 1.29 is 8.85 Å². The first-order valence-electron chi connectivity index (χ1n) is 13.2. The van der Waals surface area contributed by atoms with E-state index in [0.29, 0.717) is 5.92 Å². The van der Waals surface area contributed by atoms with Gasteiger partial charge in [0.15, 0.2) is 0 Å². The van der Waals surface area contributed by atoms with Gasteiger partial charge in [0.05, 0.1) is 0 Å². The molecule has 2 nitrogen and oxygen atoms in total. The highest BCUT2D eigenvalue weighted by atomic mass is 28.4. The van der Waals surface area contributed by atoms with E-state index in [0.717, 1.165) is 13.0 Å². The van der Waals surface area contributed by atoms with E-state index in [-0.39, 0.29) is 6.10 Å². The molecule has 1 fully saturated rings. The van der Waals surface area contributed by atoms with E-state index in [1.165, 1.54) is 81.0 Å². The van der Waals surface area contributed by atoms with Crippen molar-refractivity contribution in [1.82, 2.24) is 0 Å². The van der Waals surface area contributed by atoms with E-state index in [1.807, 2.05) is 0 Å². The van der Waals surface area contributed by atoms with Crippen LogP contribution in [0.15, 0.2) is 60.7 Å². The average Bonchev–Trinajstić information content (AvgIpc) is 3.39. The van der Waals surface area contributed by atoms with Crippen molar-refractivity contribution in [3.8, 4) is 0 Å². The summed E-state index contributed by atoms with van der Waals surface area (Å²) in [7, 11) is -2.76. The van der Waals surface area contributed by atoms with Gasteiger partial charge in [-0.1, -0.05) is 125 Å². The molecule has 0 aromatic heterocycles. The Morgan fingerprint density at radius 2 is 1.25 bits per heavy atom. The molecule has 3 heteroatoms.